The van der Waals surface area contributed by atoms with E-state index in [2.05, 4.69) is 15.9 Å². The molecule has 0 spiro atoms. The molecule has 4 nitrogen and oxygen atoms in total. The lowest BCUT2D eigenvalue weighted by molar-refractivity contribution is 0.0497. The summed E-state index contributed by atoms with van der Waals surface area (Å²) in [5.74, 6) is 1.17. The number of benzene rings is 1. The molecule has 0 bridgehead atoms. The Hall–Kier alpha value is -1.59. The third-order valence-electron chi connectivity index (χ3n) is 4.80. The Morgan fingerprint density at radius 1 is 1.24 bits per heavy atom. The van der Waals surface area contributed by atoms with E-state index in [1.165, 1.54) is 0 Å². The second-order valence-corrected chi connectivity index (χ2v) is 7.55. The van der Waals surface area contributed by atoms with Crippen molar-refractivity contribution in [3.63, 3.8) is 0 Å². The van der Waals surface area contributed by atoms with Crippen molar-refractivity contribution in [3.05, 3.63) is 62.5 Å². The van der Waals surface area contributed by atoms with Crippen LogP contribution in [0.1, 0.15) is 37.1 Å². The first-order valence-electron chi connectivity index (χ1n) is 8.74. The van der Waals surface area contributed by atoms with Crippen LogP contribution in [0.15, 0.2) is 45.7 Å². The van der Waals surface area contributed by atoms with Crippen LogP contribution in [0.2, 0.25) is 0 Å². The molecule has 1 aromatic heterocycles. The fourth-order valence-electron chi connectivity index (χ4n) is 3.28. The standard InChI is InChI=1S/C20H24BrNO3/c1-14-11-19(25-13-16-7-9-24-10-8-16)12-20(23)22(14)15(2)17-3-5-18(21)6-4-17/h3-6,11-12,15-16H,7-10,13H2,1-2H3/t15-/m1/s1. The Kier molecular flexibility index (Phi) is 5.97. The van der Waals surface area contributed by atoms with Crippen LogP contribution in [0.5, 0.6) is 5.75 Å². The number of pyridine rings is 1. The van der Waals surface area contributed by atoms with E-state index in [-0.39, 0.29) is 11.6 Å². The van der Waals surface area contributed by atoms with Crippen molar-refractivity contribution in [2.75, 3.05) is 19.8 Å². The molecule has 2 heterocycles. The summed E-state index contributed by atoms with van der Waals surface area (Å²) in [6.07, 6.45) is 2.05. The second kappa shape index (κ2) is 8.19. The summed E-state index contributed by atoms with van der Waals surface area (Å²) >= 11 is 3.45. The van der Waals surface area contributed by atoms with Crippen molar-refractivity contribution in [2.24, 2.45) is 5.92 Å². The molecule has 3 rings (SSSR count). The van der Waals surface area contributed by atoms with Crippen LogP contribution < -0.4 is 10.3 Å². The molecule has 1 aliphatic heterocycles. The lowest BCUT2D eigenvalue weighted by Gasteiger charge is -2.23. The first-order chi connectivity index (χ1) is 12.0. The summed E-state index contributed by atoms with van der Waals surface area (Å²) in [5, 5.41) is 0. The molecule has 0 radical (unpaired) electrons. The zero-order valence-electron chi connectivity index (χ0n) is 14.7. The number of hydrogen-bond donors (Lipinski definition) is 0. The second-order valence-electron chi connectivity index (χ2n) is 6.63. The number of halogens is 1. The van der Waals surface area contributed by atoms with Gasteiger partial charge in [-0.3, -0.25) is 4.79 Å². The van der Waals surface area contributed by atoms with Gasteiger partial charge in [-0.1, -0.05) is 28.1 Å². The van der Waals surface area contributed by atoms with Crippen molar-refractivity contribution < 1.29 is 9.47 Å². The van der Waals surface area contributed by atoms with Gasteiger partial charge in [-0.25, -0.2) is 0 Å². The van der Waals surface area contributed by atoms with E-state index >= 15 is 0 Å². The SMILES string of the molecule is Cc1cc(OCC2CCOCC2)cc(=O)n1[C@H](C)c1ccc(Br)cc1. The van der Waals surface area contributed by atoms with Crippen LogP contribution in [0.4, 0.5) is 0 Å². The first kappa shape index (κ1) is 18.2. The van der Waals surface area contributed by atoms with Crippen molar-refractivity contribution in [3.8, 4) is 5.75 Å². The summed E-state index contributed by atoms with van der Waals surface area (Å²) in [7, 11) is 0. The van der Waals surface area contributed by atoms with E-state index in [4.69, 9.17) is 9.47 Å². The van der Waals surface area contributed by atoms with Crippen molar-refractivity contribution in [1.29, 1.82) is 0 Å². The fourth-order valence-corrected chi connectivity index (χ4v) is 3.54. The van der Waals surface area contributed by atoms with Crippen molar-refractivity contribution in [2.45, 2.75) is 32.7 Å². The molecule has 1 saturated heterocycles. The molecule has 1 aliphatic rings. The summed E-state index contributed by atoms with van der Waals surface area (Å²) in [4.78, 5) is 12.6. The summed E-state index contributed by atoms with van der Waals surface area (Å²) < 4.78 is 14.1. The van der Waals surface area contributed by atoms with Crippen LogP contribution in [0, 0.1) is 12.8 Å². The van der Waals surface area contributed by atoms with Crippen molar-refractivity contribution >= 4 is 15.9 Å². The first-order valence-corrected chi connectivity index (χ1v) is 9.53. The van der Waals surface area contributed by atoms with E-state index < -0.39 is 0 Å². The maximum Gasteiger partial charge on any atom is 0.254 e. The third kappa shape index (κ3) is 4.53. The van der Waals surface area contributed by atoms with E-state index in [9.17, 15) is 4.79 Å². The monoisotopic (exact) mass is 405 g/mol. The summed E-state index contributed by atoms with van der Waals surface area (Å²) in [6, 6.07) is 11.6. The van der Waals surface area contributed by atoms with Gasteiger partial charge in [0, 0.05) is 29.4 Å². The van der Waals surface area contributed by atoms with Crippen LogP contribution in [-0.2, 0) is 4.74 Å². The zero-order chi connectivity index (χ0) is 17.8. The summed E-state index contributed by atoms with van der Waals surface area (Å²) in [6.45, 7) is 6.26. The van der Waals surface area contributed by atoms with Gasteiger partial charge in [0.2, 0.25) is 0 Å². The Balaban J connectivity index is 1.75. The molecule has 0 aliphatic carbocycles. The van der Waals surface area contributed by atoms with Crippen LogP contribution in [-0.4, -0.2) is 24.4 Å². The lowest BCUT2D eigenvalue weighted by Crippen LogP contribution is -2.26. The van der Waals surface area contributed by atoms with Gasteiger partial charge in [0.25, 0.3) is 5.56 Å². The molecule has 2 aromatic rings. The molecule has 25 heavy (non-hydrogen) atoms. The quantitative estimate of drug-likeness (QED) is 0.742. The molecule has 5 heteroatoms. The minimum atomic E-state index is -0.0302. The van der Waals surface area contributed by atoms with Gasteiger partial charge in [0.1, 0.15) is 5.75 Å². The van der Waals surface area contributed by atoms with Gasteiger partial charge in [0.05, 0.1) is 12.6 Å². The maximum absolute atomic E-state index is 12.6. The Morgan fingerprint density at radius 3 is 2.56 bits per heavy atom. The predicted octanol–water partition coefficient (Wildman–Crippen LogP) is 4.33. The van der Waals surface area contributed by atoms with E-state index in [0.717, 1.165) is 41.8 Å². The van der Waals surface area contributed by atoms with Gasteiger partial charge in [-0.05, 0) is 56.4 Å². The minimum absolute atomic E-state index is 0.0230. The predicted molar refractivity (Wildman–Crippen MR) is 102 cm³/mol. The van der Waals surface area contributed by atoms with Gasteiger partial charge < -0.3 is 14.0 Å². The normalized spacial score (nSPS) is 16.6. The highest BCUT2D eigenvalue weighted by Gasteiger charge is 2.16. The van der Waals surface area contributed by atoms with Crippen molar-refractivity contribution in [1.82, 2.24) is 4.57 Å². The fraction of sp³-hybridized carbons (Fsp3) is 0.450. The Bertz CT molecular complexity index is 764. The zero-order valence-corrected chi connectivity index (χ0v) is 16.3. The van der Waals surface area contributed by atoms with Gasteiger partial charge in [0.15, 0.2) is 0 Å². The van der Waals surface area contributed by atoms with Crippen LogP contribution in [0.25, 0.3) is 0 Å². The van der Waals surface area contributed by atoms with Crippen LogP contribution in [0.3, 0.4) is 0 Å². The molecule has 0 unspecified atom stereocenters. The highest BCUT2D eigenvalue weighted by molar-refractivity contribution is 9.10. The smallest absolute Gasteiger partial charge is 0.254 e. The van der Waals surface area contributed by atoms with Gasteiger partial charge in [-0.15, -0.1) is 0 Å². The molecule has 134 valence electrons. The number of aromatic nitrogens is 1. The Morgan fingerprint density at radius 2 is 1.92 bits per heavy atom. The van der Waals surface area contributed by atoms with E-state index in [1.807, 2.05) is 48.7 Å². The number of ether oxygens (including phenoxy) is 2. The highest BCUT2D eigenvalue weighted by atomic mass is 79.9. The topological polar surface area (TPSA) is 40.5 Å². The largest absolute Gasteiger partial charge is 0.493 e. The molecule has 0 amide bonds. The highest BCUT2D eigenvalue weighted by Crippen LogP contribution is 2.23. The van der Waals surface area contributed by atoms with Crippen LogP contribution >= 0.6 is 15.9 Å². The van der Waals surface area contributed by atoms with Gasteiger partial charge >= 0.3 is 0 Å². The third-order valence-corrected chi connectivity index (χ3v) is 5.33. The molecule has 1 aromatic carbocycles. The molecule has 1 fully saturated rings. The number of nitrogens with zero attached hydrogens (tertiary/aromatic N) is 1. The molecular weight excluding hydrogens is 382 g/mol. The molecule has 0 saturated carbocycles. The minimum Gasteiger partial charge on any atom is -0.493 e. The number of hydrogen-bond acceptors (Lipinski definition) is 3. The number of aryl methyl sites for hydroxylation is 1. The molecule has 0 N–H and O–H groups in total. The molecule has 1 atom stereocenters. The Labute approximate surface area is 156 Å². The van der Waals surface area contributed by atoms with E-state index in [0.29, 0.717) is 18.3 Å². The van der Waals surface area contributed by atoms with E-state index in [1.54, 1.807) is 6.07 Å². The molecular formula is C20H24BrNO3. The summed E-state index contributed by atoms with van der Waals surface area (Å²) in [5.41, 5.74) is 1.98. The average Bonchev–Trinajstić information content (AvgIpc) is 2.61. The lowest BCUT2D eigenvalue weighted by atomic mass is 10.0. The number of rotatable bonds is 5. The van der Waals surface area contributed by atoms with Gasteiger partial charge in [-0.2, -0.15) is 0 Å². The average molecular weight is 406 g/mol. The maximum atomic E-state index is 12.6.